The van der Waals surface area contributed by atoms with Gasteiger partial charge in [0.15, 0.2) is 0 Å². The van der Waals surface area contributed by atoms with Crippen LogP contribution in [0.5, 0.6) is 0 Å². The second kappa shape index (κ2) is 7.36. The molecular formula is C20H24N6O. The van der Waals surface area contributed by atoms with E-state index in [1.807, 2.05) is 19.1 Å². The van der Waals surface area contributed by atoms with Crippen LogP contribution in [0.2, 0.25) is 0 Å². The lowest BCUT2D eigenvalue weighted by Gasteiger charge is -2.35. The summed E-state index contributed by atoms with van der Waals surface area (Å²) in [5.74, 6) is 0.478. The van der Waals surface area contributed by atoms with Gasteiger partial charge in [-0.1, -0.05) is 6.92 Å². The van der Waals surface area contributed by atoms with E-state index in [0.29, 0.717) is 11.6 Å². The number of aryl methyl sites for hydroxylation is 1. The van der Waals surface area contributed by atoms with Gasteiger partial charge < -0.3 is 20.1 Å². The Morgan fingerprint density at radius 3 is 2.48 bits per heavy atom. The summed E-state index contributed by atoms with van der Waals surface area (Å²) in [6, 6.07) is 11.6. The summed E-state index contributed by atoms with van der Waals surface area (Å²) in [7, 11) is 0. The fourth-order valence-electron chi connectivity index (χ4n) is 3.46. The van der Waals surface area contributed by atoms with E-state index in [4.69, 9.17) is 0 Å². The third kappa shape index (κ3) is 3.78. The normalized spacial score (nSPS) is 15.3. The van der Waals surface area contributed by atoms with Crippen LogP contribution >= 0.6 is 0 Å². The first-order valence-corrected chi connectivity index (χ1v) is 9.34. The highest BCUT2D eigenvalue weighted by atomic mass is 16.1. The molecular weight excluding hydrogens is 340 g/mol. The zero-order valence-corrected chi connectivity index (χ0v) is 15.7. The molecule has 1 aromatic carbocycles. The first-order valence-electron chi connectivity index (χ1n) is 9.34. The van der Waals surface area contributed by atoms with Gasteiger partial charge in [0.05, 0.1) is 5.69 Å². The predicted octanol–water partition coefficient (Wildman–Crippen LogP) is 2.51. The van der Waals surface area contributed by atoms with Gasteiger partial charge in [-0.15, -0.1) is 0 Å². The molecule has 1 fully saturated rings. The molecule has 0 spiro atoms. The van der Waals surface area contributed by atoms with Crippen LogP contribution in [0.3, 0.4) is 0 Å². The molecule has 2 aromatic heterocycles. The van der Waals surface area contributed by atoms with Crippen molar-refractivity contribution in [3.8, 4) is 0 Å². The summed E-state index contributed by atoms with van der Waals surface area (Å²) >= 11 is 0. The lowest BCUT2D eigenvalue weighted by atomic mass is 10.2. The molecule has 4 rings (SSSR count). The average Bonchev–Trinajstić information content (AvgIpc) is 2.68. The van der Waals surface area contributed by atoms with Crippen molar-refractivity contribution in [2.24, 2.45) is 0 Å². The van der Waals surface area contributed by atoms with Crippen molar-refractivity contribution in [2.75, 3.05) is 42.9 Å². The molecule has 27 heavy (non-hydrogen) atoms. The lowest BCUT2D eigenvalue weighted by Crippen LogP contribution is -2.46. The molecule has 0 amide bonds. The fourth-order valence-corrected chi connectivity index (χ4v) is 3.46. The number of rotatable bonds is 4. The molecule has 1 aliphatic rings. The number of hydrogen-bond acceptors (Lipinski definition) is 6. The minimum Gasteiger partial charge on any atom is -0.369 e. The van der Waals surface area contributed by atoms with E-state index >= 15 is 0 Å². The van der Waals surface area contributed by atoms with E-state index in [1.54, 1.807) is 6.07 Å². The van der Waals surface area contributed by atoms with Crippen molar-refractivity contribution in [1.29, 1.82) is 0 Å². The third-order valence-corrected chi connectivity index (χ3v) is 5.09. The molecule has 3 aromatic rings. The molecule has 0 atom stereocenters. The Balaban J connectivity index is 1.50. The second-order valence-electron chi connectivity index (χ2n) is 6.81. The van der Waals surface area contributed by atoms with E-state index in [2.05, 4.69) is 49.1 Å². The highest BCUT2D eigenvalue weighted by Gasteiger charge is 2.15. The number of aromatic nitrogens is 3. The number of nitrogens with one attached hydrogen (secondary N) is 2. The summed E-state index contributed by atoms with van der Waals surface area (Å²) in [6.07, 6.45) is 0. The quantitative estimate of drug-likeness (QED) is 0.741. The number of nitrogens with zero attached hydrogens (tertiary/aromatic N) is 4. The molecule has 0 unspecified atom stereocenters. The first-order chi connectivity index (χ1) is 13.1. The molecule has 2 N–H and O–H groups in total. The summed E-state index contributed by atoms with van der Waals surface area (Å²) in [5.41, 5.74) is 3.35. The number of likely N-dealkylation sites (N-methyl/N-ethyl adjacent to an activating group) is 1. The van der Waals surface area contributed by atoms with Crippen molar-refractivity contribution in [3.05, 3.63) is 52.4 Å². The number of H-pyrrole nitrogens is 1. The van der Waals surface area contributed by atoms with Gasteiger partial charge in [0.2, 0.25) is 11.5 Å². The highest BCUT2D eigenvalue weighted by Crippen LogP contribution is 2.22. The number of piperazine rings is 1. The van der Waals surface area contributed by atoms with Crippen molar-refractivity contribution >= 4 is 28.4 Å². The average molecular weight is 364 g/mol. The summed E-state index contributed by atoms with van der Waals surface area (Å²) in [4.78, 5) is 28.1. The van der Waals surface area contributed by atoms with Gasteiger partial charge >= 0.3 is 0 Å². The predicted molar refractivity (Wildman–Crippen MR) is 109 cm³/mol. The molecule has 1 aliphatic heterocycles. The zero-order chi connectivity index (χ0) is 18.8. The van der Waals surface area contributed by atoms with Gasteiger partial charge in [0.25, 0.3) is 0 Å². The van der Waals surface area contributed by atoms with Crippen molar-refractivity contribution < 1.29 is 0 Å². The maximum absolute atomic E-state index is 11.5. The van der Waals surface area contributed by atoms with E-state index in [9.17, 15) is 4.79 Å². The number of fused-ring (bicyclic) bond motifs is 1. The number of benzene rings is 1. The highest BCUT2D eigenvalue weighted by molar-refractivity contribution is 5.78. The standard InChI is InChI=1S/C20H24N6O/c1-3-25-10-12-26(13-11-25)16-6-4-15(5-7-16)22-20-21-14(2)17-8-9-18(27)23-19(17)24-20/h4-9H,3,10-13H2,1-2H3,(H2,21,22,23,24,27). The van der Waals surface area contributed by atoms with Gasteiger partial charge in [0, 0.05) is 49.0 Å². The maximum atomic E-state index is 11.5. The van der Waals surface area contributed by atoms with Gasteiger partial charge in [-0.05, 0) is 43.8 Å². The molecule has 0 saturated carbocycles. The minimum absolute atomic E-state index is 0.168. The van der Waals surface area contributed by atoms with Crippen molar-refractivity contribution in [1.82, 2.24) is 19.9 Å². The monoisotopic (exact) mass is 364 g/mol. The number of anilines is 3. The topological polar surface area (TPSA) is 77.1 Å². The Hall–Kier alpha value is -2.93. The Morgan fingerprint density at radius 2 is 1.78 bits per heavy atom. The number of pyridine rings is 1. The largest absolute Gasteiger partial charge is 0.369 e. The van der Waals surface area contributed by atoms with Gasteiger partial charge in [-0.25, -0.2) is 4.98 Å². The molecule has 0 radical (unpaired) electrons. The molecule has 0 aliphatic carbocycles. The van der Waals surface area contributed by atoms with Crippen molar-refractivity contribution in [3.63, 3.8) is 0 Å². The SMILES string of the molecule is CCN1CCN(c2ccc(Nc3nc(C)c4ccc(=O)[nH]c4n3)cc2)CC1. The van der Waals surface area contributed by atoms with Crippen LogP contribution < -0.4 is 15.8 Å². The van der Waals surface area contributed by atoms with Crippen LogP contribution in [0.4, 0.5) is 17.3 Å². The van der Waals surface area contributed by atoms with Crippen LogP contribution in [0.25, 0.3) is 11.0 Å². The summed E-state index contributed by atoms with van der Waals surface area (Å²) in [5, 5.41) is 4.08. The van der Waals surface area contributed by atoms with Gasteiger partial charge in [-0.2, -0.15) is 4.98 Å². The number of hydrogen-bond donors (Lipinski definition) is 2. The van der Waals surface area contributed by atoms with Crippen LogP contribution in [0, 0.1) is 6.92 Å². The lowest BCUT2D eigenvalue weighted by molar-refractivity contribution is 0.271. The summed E-state index contributed by atoms with van der Waals surface area (Å²) < 4.78 is 0. The smallest absolute Gasteiger partial charge is 0.249 e. The van der Waals surface area contributed by atoms with Crippen LogP contribution in [0.1, 0.15) is 12.6 Å². The van der Waals surface area contributed by atoms with Gasteiger partial charge in [0.1, 0.15) is 5.65 Å². The minimum atomic E-state index is -0.168. The summed E-state index contributed by atoms with van der Waals surface area (Å²) in [6.45, 7) is 9.57. The third-order valence-electron chi connectivity index (χ3n) is 5.09. The maximum Gasteiger partial charge on any atom is 0.249 e. The molecule has 7 nitrogen and oxygen atoms in total. The molecule has 1 saturated heterocycles. The van der Waals surface area contributed by atoms with E-state index in [1.165, 1.54) is 11.8 Å². The van der Waals surface area contributed by atoms with Crippen molar-refractivity contribution in [2.45, 2.75) is 13.8 Å². The fraction of sp³-hybridized carbons (Fsp3) is 0.350. The first kappa shape index (κ1) is 17.5. The Morgan fingerprint density at radius 1 is 1.04 bits per heavy atom. The second-order valence-corrected chi connectivity index (χ2v) is 6.81. The van der Waals surface area contributed by atoms with E-state index in [0.717, 1.165) is 49.5 Å². The molecule has 3 heterocycles. The Kier molecular flexibility index (Phi) is 4.77. The van der Waals surface area contributed by atoms with E-state index in [-0.39, 0.29) is 5.56 Å². The molecule has 0 bridgehead atoms. The van der Waals surface area contributed by atoms with Crippen LogP contribution in [0.15, 0.2) is 41.2 Å². The van der Waals surface area contributed by atoms with Crippen LogP contribution in [-0.2, 0) is 0 Å². The Labute approximate surface area is 158 Å². The Bertz CT molecular complexity index is 990. The van der Waals surface area contributed by atoms with Gasteiger partial charge in [-0.3, -0.25) is 4.79 Å². The van der Waals surface area contributed by atoms with Crippen LogP contribution in [-0.4, -0.2) is 52.6 Å². The zero-order valence-electron chi connectivity index (χ0n) is 15.7. The number of aromatic amines is 1. The molecule has 7 heteroatoms. The van der Waals surface area contributed by atoms with E-state index < -0.39 is 0 Å². The molecule has 140 valence electrons.